The number of rotatable bonds is 2. The van der Waals surface area contributed by atoms with Gasteiger partial charge in [0.15, 0.2) is 6.61 Å². The van der Waals surface area contributed by atoms with Crippen LogP contribution in [0.1, 0.15) is 0 Å². The minimum atomic E-state index is -4.36. The van der Waals surface area contributed by atoms with E-state index in [1.807, 2.05) is 0 Å². The summed E-state index contributed by atoms with van der Waals surface area (Å²) in [5.41, 5.74) is 0.830. The summed E-state index contributed by atoms with van der Waals surface area (Å²) in [5, 5.41) is 0. The molecule has 0 saturated heterocycles. The Labute approximate surface area is 88.9 Å². The molecule has 0 unspecified atom stereocenters. The van der Waals surface area contributed by atoms with Crippen LogP contribution in [0.4, 0.5) is 13.2 Å². The minimum absolute atomic E-state index is 0.0860. The van der Waals surface area contributed by atoms with Crippen LogP contribution < -0.4 is 4.74 Å². The number of alkyl halides is 3. The van der Waals surface area contributed by atoms with E-state index in [2.05, 4.69) is 14.7 Å². The quantitative estimate of drug-likeness (QED) is 0.792. The molecule has 0 atom stereocenters. The Hall–Kier alpha value is -1.85. The smallest absolute Gasteiger partial charge is 0.422 e. The van der Waals surface area contributed by atoms with Gasteiger partial charge in [0.2, 0.25) is 0 Å². The first-order chi connectivity index (χ1) is 7.56. The summed E-state index contributed by atoms with van der Waals surface area (Å²) in [6.07, 6.45) is -1.50. The average molecular weight is 228 g/mol. The van der Waals surface area contributed by atoms with Crippen LogP contribution in [0.3, 0.4) is 0 Å². The van der Waals surface area contributed by atoms with Crippen LogP contribution in [-0.2, 0) is 0 Å². The maximum Gasteiger partial charge on any atom is 0.422 e. The highest BCUT2D eigenvalue weighted by molar-refractivity contribution is 5.80. The molecule has 0 aliphatic rings. The first kappa shape index (κ1) is 10.7. The van der Waals surface area contributed by atoms with E-state index in [0.29, 0.717) is 11.0 Å². The summed E-state index contributed by atoms with van der Waals surface area (Å²) >= 11 is 0. The van der Waals surface area contributed by atoms with Crippen LogP contribution in [0.25, 0.3) is 11.0 Å². The van der Waals surface area contributed by atoms with E-state index < -0.39 is 12.8 Å². The third-order valence-corrected chi connectivity index (χ3v) is 1.85. The van der Waals surface area contributed by atoms with Crippen molar-refractivity contribution >= 4 is 11.0 Å². The molecule has 84 valence electrons. The first-order valence-electron chi connectivity index (χ1n) is 4.45. The SMILES string of the molecule is FC(F)(F)COc1ccnc2cccnc12. The van der Waals surface area contributed by atoms with E-state index in [4.69, 9.17) is 0 Å². The second kappa shape index (κ2) is 3.96. The maximum absolute atomic E-state index is 12.0. The predicted octanol–water partition coefficient (Wildman–Crippen LogP) is 2.57. The van der Waals surface area contributed by atoms with Crippen molar-refractivity contribution < 1.29 is 17.9 Å². The highest BCUT2D eigenvalue weighted by Crippen LogP contribution is 2.23. The molecule has 0 fully saturated rings. The lowest BCUT2D eigenvalue weighted by molar-refractivity contribution is -0.153. The Balaban J connectivity index is 2.30. The molecule has 0 aromatic carbocycles. The van der Waals surface area contributed by atoms with Gasteiger partial charge in [-0.15, -0.1) is 0 Å². The molecule has 0 aliphatic carbocycles. The normalized spacial score (nSPS) is 11.7. The second-order valence-corrected chi connectivity index (χ2v) is 3.08. The summed E-state index contributed by atoms with van der Waals surface area (Å²) in [7, 11) is 0. The Bertz CT molecular complexity index is 493. The number of ether oxygens (including phenoxy) is 1. The molecule has 2 rings (SSSR count). The summed E-state index contributed by atoms with van der Waals surface area (Å²) in [5.74, 6) is 0.0860. The zero-order valence-electron chi connectivity index (χ0n) is 8.03. The fourth-order valence-corrected chi connectivity index (χ4v) is 1.23. The van der Waals surface area contributed by atoms with Crippen molar-refractivity contribution in [1.29, 1.82) is 0 Å². The van der Waals surface area contributed by atoms with Crippen LogP contribution in [0.5, 0.6) is 5.75 Å². The van der Waals surface area contributed by atoms with Crippen LogP contribution >= 0.6 is 0 Å². The van der Waals surface area contributed by atoms with Gasteiger partial charge in [-0.25, -0.2) is 0 Å². The van der Waals surface area contributed by atoms with Gasteiger partial charge in [0.05, 0.1) is 5.52 Å². The summed E-state index contributed by atoms with van der Waals surface area (Å²) < 4.78 is 40.6. The number of nitrogens with zero attached hydrogens (tertiary/aromatic N) is 2. The van der Waals surface area contributed by atoms with E-state index >= 15 is 0 Å². The van der Waals surface area contributed by atoms with Crippen LogP contribution in [0.2, 0.25) is 0 Å². The van der Waals surface area contributed by atoms with Gasteiger partial charge in [0.25, 0.3) is 0 Å². The monoisotopic (exact) mass is 228 g/mol. The van der Waals surface area contributed by atoms with Crippen molar-refractivity contribution in [3.8, 4) is 5.75 Å². The Kier molecular flexibility index (Phi) is 2.64. The third-order valence-electron chi connectivity index (χ3n) is 1.85. The fourth-order valence-electron chi connectivity index (χ4n) is 1.23. The van der Waals surface area contributed by atoms with Gasteiger partial charge in [0, 0.05) is 18.5 Å². The zero-order valence-corrected chi connectivity index (χ0v) is 8.03. The topological polar surface area (TPSA) is 35.0 Å². The highest BCUT2D eigenvalue weighted by atomic mass is 19.4. The highest BCUT2D eigenvalue weighted by Gasteiger charge is 2.28. The number of hydrogen-bond donors (Lipinski definition) is 0. The molecular formula is C10H7F3N2O. The summed E-state index contributed by atoms with van der Waals surface area (Å²) in [6.45, 7) is -1.33. The van der Waals surface area contributed by atoms with Gasteiger partial charge in [-0.05, 0) is 12.1 Å². The molecule has 16 heavy (non-hydrogen) atoms. The average Bonchev–Trinajstić information content (AvgIpc) is 2.25. The van der Waals surface area contributed by atoms with E-state index in [1.165, 1.54) is 18.5 Å². The summed E-state index contributed by atoms with van der Waals surface area (Å²) in [4.78, 5) is 7.89. The van der Waals surface area contributed by atoms with Gasteiger partial charge in [-0.2, -0.15) is 13.2 Å². The lowest BCUT2D eigenvalue weighted by Crippen LogP contribution is -2.19. The van der Waals surface area contributed by atoms with Crippen molar-refractivity contribution in [2.75, 3.05) is 6.61 Å². The minimum Gasteiger partial charge on any atom is -0.482 e. The molecular weight excluding hydrogens is 221 g/mol. The van der Waals surface area contributed by atoms with Crippen molar-refractivity contribution in [2.24, 2.45) is 0 Å². The van der Waals surface area contributed by atoms with Crippen LogP contribution in [0.15, 0.2) is 30.6 Å². The predicted molar refractivity (Wildman–Crippen MR) is 51.1 cm³/mol. The Morgan fingerprint density at radius 3 is 2.69 bits per heavy atom. The number of pyridine rings is 2. The van der Waals surface area contributed by atoms with Crippen LogP contribution in [-0.4, -0.2) is 22.8 Å². The molecule has 0 bridgehead atoms. The van der Waals surface area contributed by atoms with Crippen LogP contribution in [0, 0.1) is 0 Å². The van der Waals surface area contributed by atoms with Crippen molar-refractivity contribution in [3.63, 3.8) is 0 Å². The van der Waals surface area contributed by atoms with Gasteiger partial charge < -0.3 is 4.74 Å². The van der Waals surface area contributed by atoms with E-state index in [9.17, 15) is 13.2 Å². The van der Waals surface area contributed by atoms with Gasteiger partial charge in [-0.3, -0.25) is 9.97 Å². The number of aromatic nitrogens is 2. The molecule has 6 heteroatoms. The lowest BCUT2D eigenvalue weighted by atomic mass is 10.3. The van der Waals surface area contributed by atoms with E-state index in [1.54, 1.807) is 12.1 Å². The Morgan fingerprint density at radius 2 is 1.94 bits per heavy atom. The molecule has 0 amide bonds. The molecule has 0 spiro atoms. The van der Waals surface area contributed by atoms with Gasteiger partial charge >= 0.3 is 6.18 Å². The molecule has 0 N–H and O–H groups in total. The maximum atomic E-state index is 12.0. The molecule has 0 radical (unpaired) electrons. The molecule has 3 nitrogen and oxygen atoms in total. The standard InChI is InChI=1S/C10H7F3N2O/c11-10(12,13)6-16-8-3-5-14-7-2-1-4-15-9(7)8/h1-5H,6H2. The number of hydrogen-bond acceptors (Lipinski definition) is 3. The lowest BCUT2D eigenvalue weighted by Gasteiger charge is -2.09. The van der Waals surface area contributed by atoms with Gasteiger partial charge in [0.1, 0.15) is 11.3 Å². The molecule has 2 aromatic rings. The summed E-state index contributed by atoms with van der Waals surface area (Å²) in [6, 6.07) is 4.67. The zero-order chi connectivity index (χ0) is 11.6. The first-order valence-corrected chi connectivity index (χ1v) is 4.45. The molecule has 2 heterocycles. The van der Waals surface area contributed by atoms with Crippen molar-refractivity contribution in [2.45, 2.75) is 6.18 Å². The van der Waals surface area contributed by atoms with E-state index in [0.717, 1.165) is 0 Å². The molecule has 0 saturated carbocycles. The molecule has 2 aromatic heterocycles. The third kappa shape index (κ3) is 2.39. The van der Waals surface area contributed by atoms with Crippen molar-refractivity contribution in [3.05, 3.63) is 30.6 Å². The Morgan fingerprint density at radius 1 is 1.12 bits per heavy atom. The number of halogens is 3. The largest absolute Gasteiger partial charge is 0.482 e. The van der Waals surface area contributed by atoms with E-state index in [-0.39, 0.29) is 5.75 Å². The van der Waals surface area contributed by atoms with Crippen molar-refractivity contribution in [1.82, 2.24) is 9.97 Å². The number of fused-ring (bicyclic) bond motifs is 1. The van der Waals surface area contributed by atoms with Gasteiger partial charge in [-0.1, -0.05) is 0 Å². The molecule has 0 aliphatic heterocycles. The fraction of sp³-hybridized carbons (Fsp3) is 0.200. The second-order valence-electron chi connectivity index (χ2n) is 3.08.